The third-order valence-corrected chi connectivity index (χ3v) is 2.81. The van der Waals surface area contributed by atoms with Crippen LogP contribution in [0.5, 0.6) is 0 Å². The summed E-state index contributed by atoms with van der Waals surface area (Å²) >= 11 is 0. The largest absolute Gasteiger partial charge is 0.674 e. The molecule has 0 amide bonds. The first kappa shape index (κ1) is 12.1. The first-order valence-electron chi connectivity index (χ1n) is 4.17. The van der Waals surface area contributed by atoms with Crippen molar-refractivity contribution in [2.75, 3.05) is 0 Å². The second-order valence-electron chi connectivity index (χ2n) is 3.05. The normalized spacial score (nSPS) is 15.2. The first-order chi connectivity index (χ1) is 5.37. The lowest BCUT2D eigenvalue weighted by atomic mass is 10.3. The van der Waals surface area contributed by atoms with E-state index in [2.05, 4.69) is 0 Å². The van der Waals surface area contributed by atoms with E-state index in [0.717, 1.165) is 6.42 Å². The van der Waals surface area contributed by atoms with Gasteiger partial charge < -0.3 is 18.4 Å². The zero-order valence-electron chi connectivity index (χ0n) is 8.07. The van der Waals surface area contributed by atoms with Crippen LogP contribution >= 0.6 is 0 Å². The highest BCUT2D eigenvalue weighted by Gasteiger charge is 2.38. The minimum atomic E-state index is -3.85. The van der Waals surface area contributed by atoms with Gasteiger partial charge in [0.2, 0.25) is 0 Å². The summed E-state index contributed by atoms with van der Waals surface area (Å²) in [6.45, 7) is 7.14. The fourth-order valence-corrected chi connectivity index (χ4v) is 2.04. The van der Waals surface area contributed by atoms with Gasteiger partial charge in [-0.15, -0.1) is 0 Å². The Bertz CT molecular complexity index is 127. The molecule has 0 fully saturated rings. The molecule has 0 spiro atoms. The van der Waals surface area contributed by atoms with Crippen LogP contribution in [0.25, 0.3) is 0 Å². The summed E-state index contributed by atoms with van der Waals surface area (Å²) in [6, 6.07) is 0. The van der Waals surface area contributed by atoms with Crippen LogP contribution in [0.2, 0.25) is 0 Å². The van der Waals surface area contributed by atoms with E-state index in [0.29, 0.717) is 0 Å². The molecule has 0 aliphatic carbocycles. The molecule has 0 heterocycles. The molecule has 0 aliphatic heterocycles. The SMILES string of the molecule is CCC(C)O[Si](O)(O)OC(C)C. The van der Waals surface area contributed by atoms with Crippen molar-refractivity contribution in [3.63, 3.8) is 0 Å². The third kappa shape index (κ3) is 5.67. The molecule has 0 radical (unpaired) electrons. The van der Waals surface area contributed by atoms with E-state index in [1.165, 1.54) is 0 Å². The molecule has 0 saturated heterocycles. The zero-order chi connectivity index (χ0) is 9.78. The van der Waals surface area contributed by atoms with Crippen molar-refractivity contribution in [2.24, 2.45) is 0 Å². The Hall–Kier alpha value is 0.0569. The summed E-state index contributed by atoms with van der Waals surface area (Å²) in [6.07, 6.45) is 0.332. The molecule has 0 aliphatic rings. The maximum absolute atomic E-state index is 9.24. The van der Waals surface area contributed by atoms with E-state index in [1.807, 2.05) is 6.92 Å². The number of rotatable bonds is 5. The molecule has 74 valence electrons. The highest BCUT2D eigenvalue weighted by molar-refractivity contribution is 6.50. The van der Waals surface area contributed by atoms with Crippen LogP contribution in [-0.2, 0) is 8.85 Å². The molecule has 0 aromatic carbocycles. The van der Waals surface area contributed by atoms with E-state index in [9.17, 15) is 9.59 Å². The Labute approximate surface area is 74.6 Å². The predicted molar refractivity (Wildman–Crippen MR) is 47.3 cm³/mol. The Morgan fingerprint density at radius 1 is 1.17 bits per heavy atom. The van der Waals surface area contributed by atoms with Crippen molar-refractivity contribution >= 4 is 9.05 Å². The van der Waals surface area contributed by atoms with Crippen molar-refractivity contribution < 1.29 is 18.4 Å². The lowest BCUT2D eigenvalue weighted by molar-refractivity contribution is -0.0194. The Balaban J connectivity index is 3.85. The molecular formula is C7H18O4Si. The van der Waals surface area contributed by atoms with Gasteiger partial charge in [0.1, 0.15) is 0 Å². The van der Waals surface area contributed by atoms with Crippen molar-refractivity contribution in [1.82, 2.24) is 0 Å². The molecule has 4 nitrogen and oxygen atoms in total. The van der Waals surface area contributed by atoms with Gasteiger partial charge in [-0.3, -0.25) is 0 Å². The van der Waals surface area contributed by atoms with E-state index in [1.54, 1.807) is 20.8 Å². The lowest BCUT2D eigenvalue weighted by Gasteiger charge is -2.22. The van der Waals surface area contributed by atoms with Crippen LogP contribution in [-0.4, -0.2) is 30.8 Å². The number of hydrogen-bond donors (Lipinski definition) is 2. The second kappa shape index (κ2) is 4.93. The van der Waals surface area contributed by atoms with Crippen molar-refractivity contribution in [2.45, 2.75) is 46.3 Å². The molecule has 5 heteroatoms. The molecule has 1 atom stereocenters. The highest BCUT2D eigenvalue weighted by atomic mass is 28.4. The summed E-state index contributed by atoms with van der Waals surface area (Å²) < 4.78 is 9.76. The van der Waals surface area contributed by atoms with Crippen LogP contribution in [0.15, 0.2) is 0 Å². The van der Waals surface area contributed by atoms with Crippen molar-refractivity contribution in [3.05, 3.63) is 0 Å². The van der Waals surface area contributed by atoms with Crippen LogP contribution in [0.1, 0.15) is 34.1 Å². The van der Waals surface area contributed by atoms with Crippen LogP contribution in [0.3, 0.4) is 0 Å². The standard InChI is InChI=1S/C7H18O4Si/c1-5-7(4)11-12(8,9)10-6(2)3/h6-9H,5H2,1-4H3. The average Bonchev–Trinajstić information content (AvgIpc) is 1.83. The topological polar surface area (TPSA) is 58.9 Å². The molecule has 0 saturated carbocycles. The van der Waals surface area contributed by atoms with Gasteiger partial charge in [-0.2, -0.15) is 0 Å². The summed E-state index contributed by atoms with van der Waals surface area (Å²) in [7, 11) is -3.85. The molecule has 1 unspecified atom stereocenters. The quantitative estimate of drug-likeness (QED) is 0.631. The van der Waals surface area contributed by atoms with Gasteiger partial charge in [0.25, 0.3) is 0 Å². The fourth-order valence-electron chi connectivity index (χ4n) is 0.680. The summed E-state index contributed by atoms with van der Waals surface area (Å²) in [5, 5.41) is 0. The maximum atomic E-state index is 9.24. The lowest BCUT2D eigenvalue weighted by Crippen LogP contribution is -2.46. The minimum absolute atomic E-state index is 0.176. The summed E-state index contributed by atoms with van der Waals surface area (Å²) in [4.78, 5) is 18.5. The molecule has 0 aromatic rings. The van der Waals surface area contributed by atoms with Gasteiger partial charge in [0.15, 0.2) is 0 Å². The first-order valence-corrected chi connectivity index (χ1v) is 5.89. The number of hydrogen-bond acceptors (Lipinski definition) is 4. The van der Waals surface area contributed by atoms with Gasteiger partial charge in [0, 0.05) is 12.2 Å². The second-order valence-corrected chi connectivity index (χ2v) is 4.62. The van der Waals surface area contributed by atoms with Gasteiger partial charge in [-0.1, -0.05) is 6.92 Å². The summed E-state index contributed by atoms with van der Waals surface area (Å²) in [5.41, 5.74) is 0. The predicted octanol–water partition coefficient (Wildman–Crippen LogP) is 0.647. The fraction of sp³-hybridized carbons (Fsp3) is 1.00. The smallest absolute Gasteiger partial charge is 0.367 e. The average molecular weight is 194 g/mol. The van der Waals surface area contributed by atoms with Gasteiger partial charge in [-0.05, 0) is 27.2 Å². The molecule has 0 bridgehead atoms. The molecule has 12 heavy (non-hydrogen) atoms. The Morgan fingerprint density at radius 3 is 2.00 bits per heavy atom. The maximum Gasteiger partial charge on any atom is 0.674 e. The molecule has 0 aromatic heterocycles. The Morgan fingerprint density at radius 2 is 1.67 bits per heavy atom. The van der Waals surface area contributed by atoms with E-state index in [-0.39, 0.29) is 12.2 Å². The highest BCUT2D eigenvalue weighted by Crippen LogP contribution is 2.08. The van der Waals surface area contributed by atoms with Gasteiger partial charge >= 0.3 is 9.05 Å². The monoisotopic (exact) mass is 194 g/mol. The van der Waals surface area contributed by atoms with Crippen LogP contribution < -0.4 is 0 Å². The summed E-state index contributed by atoms with van der Waals surface area (Å²) in [5.74, 6) is 0. The van der Waals surface area contributed by atoms with Crippen molar-refractivity contribution in [3.8, 4) is 0 Å². The zero-order valence-corrected chi connectivity index (χ0v) is 9.07. The molecule has 0 rings (SSSR count). The van der Waals surface area contributed by atoms with E-state index in [4.69, 9.17) is 8.85 Å². The Kier molecular flexibility index (Phi) is 4.96. The van der Waals surface area contributed by atoms with Gasteiger partial charge in [-0.25, -0.2) is 0 Å². The molecular weight excluding hydrogens is 176 g/mol. The van der Waals surface area contributed by atoms with Crippen LogP contribution in [0.4, 0.5) is 0 Å². The minimum Gasteiger partial charge on any atom is -0.367 e. The molecule has 2 N–H and O–H groups in total. The van der Waals surface area contributed by atoms with E-state index < -0.39 is 9.05 Å². The van der Waals surface area contributed by atoms with Crippen molar-refractivity contribution in [1.29, 1.82) is 0 Å². The van der Waals surface area contributed by atoms with Gasteiger partial charge in [0.05, 0.1) is 0 Å². The van der Waals surface area contributed by atoms with Crippen LogP contribution in [0, 0.1) is 0 Å². The third-order valence-electron chi connectivity index (χ3n) is 1.32. The van der Waals surface area contributed by atoms with E-state index >= 15 is 0 Å².